The van der Waals surface area contributed by atoms with Gasteiger partial charge in [-0.2, -0.15) is 0 Å². The topological polar surface area (TPSA) is 41.5 Å². The van der Waals surface area contributed by atoms with Crippen LogP contribution in [-0.4, -0.2) is 11.6 Å². The van der Waals surface area contributed by atoms with Crippen molar-refractivity contribution in [3.8, 4) is 0 Å². The molecular formula is C24H28N2O. The summed E-state index contributed by atoms with van der Waals surface area (Å²) in [4.78, 5) is 18.2. The van der Waals surface area contributed by atoms with Gasteiger partial charge in [0.05, 0.1) is 5.69 Å². The predicted octanol–water partition coefficient (Wildman–Crippen LogP) is 5.85. The molecule has 1 saturated carbocycles. The molecule has 1 N–H and O–H groups in total. The minimum absolute atomic E-state index is 0.0462. The van der Waals surface area contributed by atoms with Gasteiger partial charge in [-0.3, -0.25) is 4.79 Å². The Kier molecular flexibility index (Phi) is 4.41. The first-order chi connectivity index (χ1) is 12.9. The molecule has 4 rings (SSSR count). The number of aliphatic imine (C=N–C) groups is 1. The van der Waals surface area contributed by atoms with Gasteiger partial charge in [-0.1, -0.05) is 31.4 Å². The van der Waals surface area contributed by atoms with Gasteiger partial charge in [0.15, 0.2) is 0 Å². The number of hydrogen-bond donors (Lipinski definition) is 1. The van der Waals surface area contributed by atoms with Gasteiger partial charge in [-0.15, -0.1) is 0 Å². The maximum atomic E-state index is 13.3. The van der Waals surface area contributed by atoms with Crippen molar-refractivity contribution >= 4 is 23.0 Å². The summed E-state index contributed by atoms with van der Waals surface area (Å²) in [6.45, 7) is 8.38. The highest BCUT2D eigenvalue weighted by molar-refractivity contribution is 6.47. The average Bonchev–Trinajstić information content (AvgIpc) is 2.88. The number of benzene rings is 2. The van der Waals surface area contributed by atoms with Crippen LogP contribution in [0.5, 0.6) is 0 Å². The summed E-state index contributed by atoms with van der Waals surface area (Å²) in [6, 6.07) is 10.5. The lowest BCUT2D eigenvalue weighted by Gasteiger charge is -2.36. The second kappa shape index (κ2) is 6.63. The molecule has 27 heavy (non-hydrogen) atoms. The van der Waals surface area contributed by atoms with E-state index in [-0.39, 0.29) is 11.3 Å². The van der Waals surface area contributed by atoms with Crippen LogP contribution in [0.25, 0.3) is 0 Å². The van der Waals surface area contributed by atoms with Crippen LogP contribution in [0, 0.1) is 27.7 Å². The van der Waals surface area contributed by atoms with Crippen molar-refractivity contribution < 1.29 is 4.79 Å². The summed E-state index contributed by atoms with van der Waals surface area (Å²) in [6.07, 6.45) is 5.59. The van der Waals surface area contributed by atoms with Gasteiger partial charge < -0.3 is 5.32 Å². The van der Waals surface area contributed by atoms with Crippen LogP contribution in [0.1, 0.15) is 59.9 Å². The van der Waals surface area contributed by atoms with E-state index in [1.54, 1.807) is 0 Å². The van der Waals surface area contributed by atoms with Crippen LogP contribution in [0.3, 0.4) is 0 Å². The van der Waals surface area contributed by atoms with Crippen molar-refractivity contribution in [2.75, 3.05) is 5.32 Å². The van der Waals surface area contributed by atoms with E-state index in [0.717, 1.165) is 48.2 Å². The molecular weight excluding hydrogens is 332 g/mol. The smallest absolute Gasteiger partial charge is 0.271 e. The number of anilines is 1. The Morgan fingerprint density at radius 2 is 1.52 bits per heavy atom. The fraction of sp³-hybridized carbons (Fsp3) is 0.417. The molecule has 1 heterocycles. The Labute approximate surface area is 161 Å². The van der Waals surface area contributed by atoms with Gasteiger partial charge >= 0.3 is 0 Å². The molecule has 3 nitrogen and oxygen atoms in total. The van der Waals surface area contributed by atoms with Crippen LogP contribution in [0.4, 0.5) is 11.4 Å². The summed E-state index contributed by atoms with van der Waals surface area (Å²) < 4.78 is 0. The summed E-state index contributed by atoms with van der Waals surface area (Å²) in [5, 5.41) is 3.14. The Morgan fingerprint density at radius 3 is 2.19 bits per heavy atom. The fourth-order valence-corrected chi connectivity index (χ4v) is 5.15. The number of nitrogens with zero attached hydrogens (tertiary/aromatic N) is 1. The molecule has 0 atom stereocenters. The Hall–Kier alpha value is -2.42. The lowest BCUT2D eigenvalue weighted by atomic mass is 9.66. The highest BCUT2D eigenvalue weighted by atomic mass is 16.2. The zero-order valence-corrected chi connectivity index (χ0v) is 16.8. The van der Waals surface area contributed by atoms with E-state index in [2.05, 4.69) is 51.2 Å². The molecule has 1 aliphatic heterocycles. The molecule has 0 unspecified atom stereocenters. The molecule has 140 valence electrons. The number of hydrogen-bond acceptors (Lipinski definition) is 2. The monoisotopic (exact) mass is 360 g/mol. The van der Waals surface area contributed by atoms with Gasteiger partial charge in [0.25, 0.3) is 5.91 Å². The first kappa shape index (κ1) is 18.0. The highest BCUT2D eigenvalue weighted by Gasteiger charge is 2.47. The van der Waals surface area contributed by atoms with Crippen LogP contribution in [-0.2, 0) is 10.2 Å². The first-order valence-electron chi connectivity index (χ1n) is 10.00. The van der Waals surface area contributed by atoms with E-state index in [9.17, 15) is 4.79 Å². The van der Waals surface area contributed by atoms with Gasteiger partial charge in [-0.05, 0) is 86.6 Å². The quantitative estimate of drug-likeness (QED) is 0.717. The lowest BCUT2D eigenvalue weighted by molar-refractivity contribution is -0.110. The molecule has 1 fully saturated rings. The molecule has 0 bridgehead atoms. The van der Waals surface area contributed by atoms with Crippen molar-refractivity contribution in [2.45, 2.75) is 65.2 Å². The van der Waals surface area contributed by atoms with Crippen molar-refractivity contribution in [3.05, 3.63) is 58.1 Å². The van der Waals surface area contributed by atoms with Crippen molar-refractivity contribution in [2.24, 2.45) is 4.99 Å². The van der Waals surface area contributed by atoms with Crippen LogP contribution >= 0.6 is 0 Å². The van der Waals surface area contributed by atoms with Crippen LogP contribution in [0.15, 0.2) is 35.3 Å². The third-order valence-electron chi connectivity index (χ3n) is 6.02. The number of amides is 1. The zero-order valence-electron chi connectivity index (χ0n) is 16.8. The number of rotatable bonds is 2. The predicted molar refractivity (Wildman–Crippen MR) is 112 cm³/mol. The maximum Gasteiger partial charge on any atom is 0.271 e. The van der Waals surface area contributed by atoms with Gasteiger partial charge in [0.1, 0.15) is 5.71 Å². The SMILES string of the molecule is Cc1cc(C)cc(NC(=O)C2=Nc3cc(C)cc(C)c3C23CCCCC3)c1. The van der Waals surface area contributed by atoms with Gasteiger partial charge in [0.2, 0.25) is 0 Å². The number of nitrogens with one attached hydrogen (secondary N) is 1. The Bertz CT molecular complexity index is 929. The Morgan fingerprint density at radius 1 is 0.889 bits per heavy atom. The Balaban J connectivity index is 1.75. The highest BCUT2D eigenvalue weighted by Crippen LogP contribution is 2.51. The van der Waals surface area contributed by atoms with Crippen molar-refractivity contribution in [1.29, 1.82) is 0 Å². The molecule has 1 aliphatic carbocycles. The summed E-state index contributed by atoms with van der Waals surface area (Å²) in [7, 11) is 0. The summed E-state index contributed by atoms with van der Waals surface area (Å²) in [5.41, 5.74) is 8.43. The summed E-state index contributed by atoms with van der Waals surface area (Å²) >= 11 is 0. The third kappa shape index (κ3) is 3.09. The zero-order chi connectivity index (χ0) is 19.2. The third-order valence-corrected chi connectivity index (χ3v) is 6.02. The normalized spacial score (nSPS) is 17.6. The van der Waals surface area contributed by atoms with E-state index in [1.807, 2.05) is 12.1 Å². The number of aryl methyl sites for hydroxylation is 4. The number of carbonyl (C=O) groups excluding carboxylic acids is 1. The largest absolute Gasteiger partial charge is 0.321 e. The average molecular weight is 361 g/mol. The molecule has 2 aromatic carbocycles. The minimum atomic E-state index is -0.214. The minimum Gasteiger partial charge on any atom is -0.321 e. The molecule has 0 radical (unpaired) electrons. The molecule has 1 amide bonds. The van der Waals surface area contributed by atoms with Crippen LogP contribution in [0.2, 0.25) is 0 Å². The number of fused-ring (bicyclic) bond motifs is 2. The fourth-order valence-electron chi connectivity index (χ4n) is 5.15. The maximum absolute atomic E-state index is 13.3. The van der Waals surface area contributed by atoms with Gasteiger partial charge in [0, 0.05) is 11.1 Å². The molecule has 1 spiro atoms. The molecule has 0 aromatic heterocycles. The molecule has 2 aliphatic rings. The summed E-state index contributed by atoms with van der Waals surface area (Å²) in [5.74, 6) is -0.0462. The van der Waals surface area contributed by atoms with Crippen molar-refractivity contribution in [1.82, 2.24) is 0 Å². The van der Waals surface area contributed by atoms with Gasteiger partial charge in [-0.25, -0.2) is 4.99 Å². The molecule has 0 saturated heterocycles. The molecule has 2 aromatic rings. The first-order valence-corrected chi connectivity index (χ1v) is 10.00. The van der Waals surface area contributed by atoms with E-state index in [0.29, 0.717) is 5.71 Å². The van der Waals surface area contributed by atoms with E-state index in [4.69, 9.17) is 4.99 Å². The van der Waals surface area contributed by atoms with E-state index >= 15 is 0 Å². The standard InChI is InChI=1S/C24H28N2O/c1-15-10-16(2)13-19(12-15)25-23(27)22-24(8-6-5-7-9-24)21-18(4)11-17(3)14-20(21)26-22/h10-14H,5-9H2,1-4H3,(H,25,27). The van der Waals surface area contributed by atoms with E-state index in [1.165, 1.54) is 23.1 Å². The second-order valence-electron chi connectivity index (χ2n) is 8.41. The van der Waals surface area contributed by atoms with Crippen LogP contribution < -0.4 is 5.32 Å². The van der Waals surface area contributed by atoms with Crippen molar-refractivity contribution in [3.63, 3.8) is 0 Å². The second-order valence-corrected chi connectivity index (χ2v) is 8.41. The lowest BCUT2D eigenvalue weighted by Crippen LogP contribution is -2.42. The molecule has 3 heteroatoms. The van der Waals surface area contributed by atoms with E-state index < -0.39 is 0 Å². The number of carbonyl (C=O) groups is 1.